The summed E-state index contributed by atoms with van der Waals surface area (Å²) < 4.78 is 54.6. The molecule has 0 saturated heterocycles. The number of rotatable bonds is 6. The first kappa shape index (κ1) is 23.3. The van der Waals surface area contributed by atoms with Gasteiger partial charge in [-0.05, 0) is 48.4 Å². The molecule has 0 spiro atoms. The monoisotopic (exact) mass is 476 g/mol. The predicted octanol–water partition coefficient (Wildman–Crippen LogP) is 4.25. The molecule has 3 aromatic rings. The molecule has 7 nitrogen and oxygen atoms in total. The van der Waals surface area contributed by atoms with E-state index < -0.39 is 35.5 Å². The van der Waals surface area contributed by atoms with E-state index in [4.69, 9.17) is 5.11 Å². The summed E-state index contributed by atoms with van der Waals surface area (Å²) in [6, 6.07) is 8.01. The molecule has 1 atom stereocenters. The fourth-order valence-electron chi connectivity index (χ4n) is 3.91. The molecule has 11 heteroatoms. The number of aromatic carboxylic acids is 1. The highest BCUT2D eigenvalue weighted by Gasteiger charge is 2.32. The fourth-order valence-corrected chi connectivity index (χ4v) is 3.91. The Kier molecular flexibility index (Phi) is 6.03. The van der Waals surface area contributed by atoms with Crippen LogP contribution in [0.5, 0.6) is 0 Å². The van der Waals surface area contributed by atoms with Gasteiger partial charge in [0.1, 0.15) is 17.2 Å². The van der Waals surface area contributed by atoms with Crippen molar-refractivity contribution < 1.29 is 32.3 Å². The summed E-state index contributed by atoms with van der Waals surface area (Å²) in [6.45, 7) is 2.53. The van der Waals surface area contributed by atoms with Crippen LogP contribution in [0.25, 0.3) is 0 Å². The van der Waals surface area contributed by atoms with Gasteiger partial charge in [-0.2, -0.15) is 18.3 Å². The Labute approximate surface area is 191 Å². The van der Waals surface area contributed by atoms with E-state index in [1.54, 1.807) is 28.6 Å². The lowest BCUT2D eigenvalue weighted by Gasteiger charge is -2.20. The highest BCUT2D eigenvalue weighted by atomic mass is 19.4. The minimum absolute atomic E-state index is 0.0288. The largest absolute Gasteiger partial charge is 0.478 e. The molecule has 0 radical (unpaired) electrons. The van der Waals surface area contributed by atoms with Crippen molar-refractivity contribution in [1.29, 1.82) is 0 Å². The van der Waals surface area contributed by atoms with Gasteiger partial charge in [-0.15, -0.1) is 0 Å². The van der Waals surface area contributed by atoms with Gasteiger partial charge in [0, 0.05) is 13.1 Å². The number of hydrogen-bond donors (Lipinski definition) is 2. The SMILES string of the molecule is C[C@H](NC(=O)c1cnn2c1N(Cc1cc(F)cc(C(F)(F)F)c1)CC2)c1ccc(C(=O)O)cc1. The summed E-state index contributed by atoms with van der Waals surface area (Å²) in [5, 5.41) is 16.0. The number of carbonyl (C=O) groups is 2. The number of hydrogen-bond acceptors (Lipinski definition) is 4. The van der Waals surface area contributed by atoms with Crippen LogP contribution in [0, 0.1) is 5.82 Å². The van der Waals surface area contributed by atoms with E-state index in [0.29, 0.717) is 30.5 Å². The number of alkyl halides is 3. The third-order valence-electron chi connectivity index (χ3n) is 5.60. The van der Waals surface area contributed by atoms with Crippen LogP contribution < -0.4 is 10.2 Å². The van der Waals surface area contributed by atoms with Crippen molar-refractivity contribution in [2.45, 2.75) is 32.2 Å². The summed E-state index contributed by atoms with van der Waals surface area (Å²) in [5.41, 5.74) is 0.104. The highest BCUT2D eigenvalue weighted by Crippen LogP contribution is 2.32. The van der Waals surface area contributed by atoms with Crippen molar-refractivity contribution >= 4 is 17.7 Å². The van der Waals surface area contributed by atoms with Crippen molar-refractivity contribution in [1.82, 2.24) is 15.1 Å². The zero-order valence-electron chi connectivity index (χ0n) is 17.9. The molecule has 4 rings (SSSR count). The van der Waals surface area contributed by atoms with Crippen LogP contribution in [-0.2, 0) is 19.3 Å². The number of nitrogens with zero attached hydrogens (tertiary/aromatic N) is 3. The standard InChI is InChI=1S/C23H20F4N4O3/c1-13(15-2-4-16(5-3-15)22(33)34)29-20(32)19-11-28-31-7-6-30(21(19)31)12-14-8-17(23(25,26)27)10-18(24)9-14/h2-5,8-11,13H,6-7,12H2,1H3,(H,29,32)(H,33,34)/t13-/m0/s1. The van der Waals surface area contributed by atoms with Crippen molar-refractivity contribution in [3.05, 3.63) is 82.3 Å². The molecule has 0 fully saturated rings. The second-order valence-corrected chi connectivity index (χ2v) is 7.99. The van der Waals surface area contributed by atoms with E-state index in [1.165, 1.54) is 18.3 Å². The minimum Gasteiger partial charge on any atom is -0.478 e. The molecule has 1 aliphatic rings. The fraction of sp³-hybridized carbons (Fsp3) is 0.261. The highest BCUT2D eigenvalue weighted by molar-refractivity contribution is 5.99. The molecule has 178 valence electrons. The van der Waals surface area contributed by atoms with Gasteiger partial charge in [-0.25, -0.2) is 13.9 Å². The molecule has 0 bridgehead atoms. The molecule has 2 aromatic carbocycles. The molecule has 2 heterocycles. The number of carbonyl (C=O) groups excluding carboxylic acids is 1. The second kappa shape index (κ2) is 8.81. The molecule has 1 amide bonds. The van der Waals surface area contributed by atoms with E-state index in [1.807, 2.05) is 0 Å². The molecule has 1 aromatic heterocycles. The van der Waals surface area contributed by atoms with Gasteiger partial charge in [-0.1, -0.05) is 12.1 Å². The first-order valence-corrected chi connectivity index (χ1v) is 10.3. The molecule has 0 unspecified atom stereocenters. The topological polar surface area (TPSA) is 87.5 Å². The normalized spacial score (nSPS) is 14.1. The van der Waals surface area contributed by atoms with Crippen LogP contribution in [-0.4, -0.2) is 33.3 Å². The Morgan fingerprint density at radius 3 is 2.50 bits per heavy atom. The molecular weight excluding hydrogens is 456 g/mol. The maximum atomic E-state index is 13.8. The van der Waals surface area contributed by atoms with Crippen LogP contribution in [0.2, 0.25) is 0 Å². The van der Waals surface area contributed by atoms with Crippen molar-refractivity contribution in [2.24, 2.45) is 0 Å². The first-order valence-electron chi connectivity index (χ1n) is 10.3. The van der Waals surface area contributed by atoms with E-state index >= 15 is 0 Å². The first-order chi connectivity index (χ1) is 16.0. The summed E-state index contributed by atoms with van der Waals surface area (Å²) in [4.78, 5) is 25.7. The summed E-state index contributed by atoms with van der Waals surface area (Å²) in [5.74, 6) is -2.06. The quantitative estimate of drug-likeness (QED) is 0.520. The number of anilines is 1. The van der Waals surface area contributed by atoms with Crippen LogP contribution in [0.15, 0.2) is 48.7 Å². The molecule has 2 N–H and O–H groups in total. The predicted molar refractivity (Wildman–Crippen MR) is 114 cm³/mol. The Morgan fingerprint density at radius 2 is 1.85 bits per heavy atom. The third-order valence-corrected chi connectivity index (χ3v) is 5.60. The molecule has 34 heavy (non-hydrogen) atoms. The second-order valence-electron chi connectivity index (χ2n) is 7.99. The Morgan fingerprint density at radius 1 is 1.15 bits per heavy atom. The number of benzene rings is 2. The number of carboxylic acid groups (broad SMARTS) is 1. The van der Waals surface area contributed by atoms with E-state index in [0.717, 1.165) is 12.1 Å². The van der Waals surface area contributed by atoms with Crippen LogP contribution in [0.1, 0.15) is 50.4 Å². The van der Waals surface area contributed by atoms with Gasteiger partial charge in [-0.3, -0.25) is 4.79 Å². The van der Waals surface area contributed by atoms with Gasteiger partial charge in [0.25, 0.3) is 5.91 Å². The van der Waals surface area contributed by atoms with Crippen LogP contribution in [0.3, 0.4) is 0 Å². The van der Waals surface area contributed by atoms with Gasteiger partial charge >= 0.3 is 12.1 Å². The van der Waals surface area contributed by atoms with Gasteiger partial charge in [0.15, 0.2) is 0 Å². The smallest absolute Gasteiger partial charge is 0.416 e. The zero-order chi connectivity index (χ0) is 24.6. The van der Waals surface area contributed by atoms with Gasteiger partial charge in [0.2, 0.25) is 0 Å². The van der Waals surface area contributed by atoms with E-state index in [2.05, 4.69) is 10.4 Å². The van der Waals surface area contributed by atoms with Gasteiger partial charge in [0.05, 0.1) is 29.9 Å². The van der Waals surface area contributed by atoms with Crippen LogP contribution in [0.4, 0.5) is 23.4 Å². The Bertz CT molecular complexity index is 1240. The maximum absolute atomic E-state index is 13.8. The average Bonchev–Trinajstić information content (AvgIpc) is 3.36. The number of fused-ring (bicyclic) bond motifs is 1. The summed E-state index contributed by atoms with van der Waals surface area (Å²) >= 11 is 0. The third kappa shape index (κ3) is 4.73. The number of aromatic nitrogens is 2. The van der Waals surface area contributed by atoms with Crippen molar-refractivity contribution in [2.75, 3.05) is 11.4 Å². The zero-order valence-corrected chi connectivity index (χ0v) is 17.9. The molecular formula is C23H20F4N4O3. The lowest BCUT2D eigenvalue weighted by Crippen LogP contribution is -2.29. The number of carboxylic acids is 1. The van der Waals surface area contributed by atoms with E-state index in [-0.39, 0.29) is 23.2 Å². The molecule has 0 aliphatic carbocycles. The maximum Gasteiger partial charge on any atom is 0.416 e. The van der Waals surface area contributed by atoms with Gasteiger partial charge < -0.3 is 15.3 Å². The summed E-state index contributed by atoms with van der Waals surface area (Å²) in [6.07, 6.45) is -3.29. The van der Waals surface area contributed by atoms with Crippen molar-refractivity contribution in [3.63, 3.8) is 0 Å². The van der Waals surface area contributed by atoms with Crippen LogP contribution >= 0.6 is 0 Å². The lowest BCUT2D eigenvalue weighted by molar-refractivity contribution is -0.137. The lowest BCUT2D eigenvalue weighted by atomic mass is 10.1. The number of nitrogens with one attached hydrogen (secondary N) is 1. The van der Waals surface area contributed by atoms with E-state index in [9.17, 15) is 27.2 Å². The Hall–Kier alpha value is -3.89. The average molecular weight is 476 g/mol. The number of halogens is 4. The molecule has 1 aliphatic heterocycles. The summed E-state index contributed by atoms with van der Waals surface area (Å²) in [7, 11) is 0. The minimum atomic E-state index is -4.67. The molecule has 0 saturated carbocycles. The Balaban J connectivity index is 1.52. The van der Waals surface area contributed by atoms with Crippen molar-refractivity contribution in [3.8, 4) is 0 Å². The number of amides is 1.